The van der Waals surface area contributed by atoms with Crippen molar-refractivity contribution in [3.8, 4) is 0 Å². The second-order valence-corrected chi connectivity index (χ2v) is 3.21. The van der Waals surface area contributed by atoms with Crippen LogP contribution in [0.1, 0.15) is 0 Å². The van der Waals surface area contributed by atoms with Crippen LogP contribution in [0, 0.1) is 0 Å². The van der Waals surface area contributed by atoms with Gasteiger partial charge in [0.15, 0.2) is 0 Å². The first kappa shape index (κ1) is 6.54. The highest BCUT2D eigenvalue weighted by molar-refractivity contribution is 7.16. The lowest BCUT2D eigenvalue weighted by molar-refractivity contribution is 0.986. The van der Waals surface area contributed by atoms with Gasteiger partial charge >= 0.3 is 0 Å². The summed E-state index contributed by atoms with van der Waals surface area (Å²) in [5.41, 5.74) is 9.60. The third-order valence-electron chi connectivity index (χ3n) is 1.68. The van der Waals surface area contributed by atoms with Gasteiger partial charge in [-0.15, -0.1) is 11.3 Å². The van der Waals surface area contributed by atoms with E-state index in [-0.39, 0.29) is 0 Å². The Bertz CT molecular complexity index is 374. The Morgan fingerprint density at radius 1 is 1.64 bits per heavy atom. The Hall–Kier alpha value is -1.16. The average Bonchev–Trinajstić information content (AvgIpc) is 2.54. The summed E-state index contributed by atoms with van der Waals surface area (Å²) in [6, 6.07) is 2.03. The van der Waals surface area contributed by atoms with E-state index in [1.54, 1.807) is 11.3 Å². The topological polar surface area (TPSA) is 43.0 Å². The minimum atomic E-state index is 0.829. The molecule has 0 bridgehead atoms. The molecular weight excluding hydrogens is 158 g/mol. The van der Waals surface area contributed by atoms with Gasteiger partial charge in [0.25, 0.3) is 0 Å². The Morgan fingerprint density at radius 3 is 3.18 bits per heavy atom. The smallest absolute Gasteiger partial charge is 0.124 e. The van der Waals surface area contributed by atoms with Crippen molar-refractivity contribution >= 4 is 27.2 Å². The van der Waals surface area contributed by atoms with Crippen molar-refractivity contribution < 1.29 is 0 Å². The molecule has 3 N–H and O–H groups in total. The third kappa shape index (κ3) is 0.793. The summed E-state index contributed by atoms with van der Waals surface area (Å²) in [6.45, 7) is 0. The van der Waals surface area contributed by atoms with E-state index in [1.807, 2.05) is 29.4 Å². The van der Waals surface area contributed by atoms with Crippen molar-refractivity contribution in [1.82, 2.24) is 4.68 Å². The standard InChI is InChI=1S/C7H9N3S/c1-9-10-4-6(8)5-2-3-11-7(5)10/h2-4,9H,8H2,1H3. The Morgan fingerprint density at radius 2 is 2.45 bits per heavy atom. The molecule has 4 heteroatoms. The van der Waals surface area contributed by atoms with Gasteiger partial charge in [0.05, 0.1) is 11.9 Å². The van der Waals surface area contributed by atoms with Gasteiger partial charge < -0.3 is 11.2 Å². The fourth-order valence-corrected chi connectivity index (χ4v) is 2.04. The van der Waals surface area contributed by atoms with E-state index in [2.05, 4.69) is 5.43 Å². The Balaban J connectivity index is 2.80. The zero-order valence-corrected chi connectivity index (χ0v) is 6.98. The van der Waals surface area contributed by atoms with Gasteiger partial charge in [0.2, 0.25) is 0 Å². The zero-order valence-electron chi connectivity index (χ0n) is 6.16. The van der Waals surface area contributed by atoms with Crippen LogP contribution in [0.15, 0.2) is 17.6 Å². The van der Waals surface area contributed by atoms with E-state index < -0.39 is 0 Å². The van der Waals surface area contributed by atoms with E-state index in [0.717, 1.165) is 11.1 Å². The van der Waals surface area contributed by atoms with E-state index in [1.165, 1.54) is 4.83 Å². The molecule has 0 radical (unpaired) electrons. The highest BCUT2D eigenvalue weighted by Crippen LogP contribution is 2.26. The highest BCUT2D eigenvalue weighted by atomic mass is 32.1. The minimum Gasteiger partial charge on any atom is -0.397 e. The first-order valence-corrected chi connectivity index (χ1v) is 4.22. The maximum absolute atomic E-state index is 5.74. The molecule has 0 atom stereocenters. The number of hydrogen-bond acceptors (Lipinski definition) is 3. The van der Waals surface area contributed by atoms with E-state index in [9.17, 15) is 0 Å². The van der Waals surface area contributed by atoms with Crippen LogP contribution in [0.4, 0.5) is 5.69 Å². The minimum absolute atomic E-state index is 0.829. The molecule has 11 heavy (non-hydrogen) atoms. The second kappa shape index (κ2) is 2.17. The van der Waals surface area contributed by atoms with Crippen molar-refractivity contribution in [2.75, 3.05) is 18.2 Å². The molecule has 0 amide bonds. The number of nitrogens with two attached hydrogens (primary N) is 1. The molecule has 2 aromatic heterocycles. The summed E-state index contributed by atoms with van der Waals surface area (Å²) < 4.78 is 1.93. The van der Waals surface area contributed by atoms with Crippen molar-refractivity contribution in [2.45, 2.75) is 0 Å². The van der Waals surface area contributed by atoms with Gasteiger partial charge in [-0.2, -0.15) is 0 Å². The van der Waals surface area contributed by atoms with Crippen LogP contribution in [0.5, 0.6) is 0 Å². The van der Waals surface area contributed by atoms with Gasteiger partial charge in [0.1, 0.15) is 4.83 Å². The number of nitrogens with one attached hydrogen (secondary N) is 1. The molecular formula is C7H9N3S. The van der Waals surface area contributed by atoms with Crippen molar-refractivity contribution in [1.29, 1.82) is 0 Å². The summed E-state index contributed by atoms with van der Waals surface area (Å²) in [5, 5.41) is 3.17. The molecule has 0 aliphatic rings. The lowest BCUT2D eigenvalue weighted by Gasteiger charge is -1.98. The van der Waals surface area contributed by atoms with Crippen LogP contribution in [0.25, 0.3) is 10.2 Å². The molecule has 0 fully saturated rings. The zero-order chi connectivity index (χ0) is 7.84. The number of thiophene rings is 1. The van der Waals surface area contributed by atoms with Crippen LogP contribution in [0.3, 0.4) is 0 Å². The van der Waals surface area contributed by atoms with Crippen LogP contribution >= 0.6 is 11.3 Å². The SMILES string of the molecule is CNn1cc(N)c2ccsc21. The van der Waals surface area contributed by atoms with E-state index in [4.69, 9.17) is 5.73 Å². The maximum Gasteiger partial charge on any atom is 0.124 e. The Kier molecular flexibility index (Phi) is 1.29. The molecule has 2 aromatic rings. The van der Waals surface area contributed by atoms with Crippen molar-refractivity contribution in [2.24, 2.45) is 0 Å². The fourth-order valence-electron chi connectivity index (χ4n) is 1.14. The lowest BCUT2D eigenvalue weighted by Crippen LogP contribution is -2.05. The number of hydrogen-bond donors (Lipinski definition) is 2. The molecule has 0 spiro atoms. The second-order valence-electron chi connectivity index (χ2n) is 2.32. The van der Waals surface area contributed by atoms with Gasteiger partial charge in [-0.1, -0.05) is 0 Å². The normalized spacial score (nSPS) is 10.6. The first-order valence-electron chi connectivity index (χ1n) is 3.34. The molecule has 0 aliphatic heterocycles. The van der Waals surface area contributed by atoms with Crippen molar-refractivity contribution in [3.63, 3.8) is 0 Å². The number of nitrogens with zero attached hydrogens (tertiary/aromatic N) is 1. The van der Waals surface area contributed by atoms with Crippen LogP contribution < -0.4 is 11.2 Å². The highest BCUT2D eigenvalue weighted by Gasteiger charge is 2.04. The molecule has 2 heterocycles. The molecule has 2 rings (SSSR count). The predicted molar refractivity (Wildman–Crippen MR) is 49.5 cm³/mol. The molecule has 0 unspecified atom stereocenters. The summed E-state index contributed by atoms with van der Waals surface area (Å²) in [4.78, 5) is 1.17. The van der Waals surface area contributed by atoms with E-state index in [0.29, 0.717) is 0 Å². The van der Waals surface area contributed by atoms with Gasteiger partial charge in [0, 0.05) is 12.4 Å². The molecule has 58 valence electrons. The van der Waals surface area contributed by atoms with Crippen LogP contribution in [-0.4, -0.2) is 11.7 Å². The van der Waals surface area contributed by atoms with E-state index >= 15 is 0 Å². The summed E-state index contributed by atoms with van der Waals surface area (Å²) in [6.07, 6.45) is 1.89. The van der Waals surface area contributed by atoms with Crippen molar-refractivity contribution in [3.05, 3.63) is 17.6 Å². The molecule has 0 saturated heterocycles. The van der Waals surface area contributed by atoms with Gasteiger partial charge in [-0.05, 0) is 11.4 Å². The number of anilines is 1. The number of nitrogen functional groups attached to an aromatic ring is 1. The average molecular weight is 167 g/mol. The number of fused-ring (bicyclic) bond motifs is 1. The lowest BCUT2D eigenvalue weighted by atomic mass is 10.4. The van der Waals surface area contributed by atoms with Gasteiger partial charge in [-0.3, -0.25) is 4.68 Å². The summed E-state index contributed by atoms with van der Waals surface area (Å²) in [7, 11) is 1.87. The first-order chi connectivity index (χ1) is 5.33. The Labute approximate surface area is 68.4 Å². The summed E-state index contributed by atoms with van der Waals surface area (Å²) >= 11 is 1.68. The third-order valence-corrected chi connectivity index (χ3v) is 2.60. The monoisotopic (exact) mass is 167 g/mol. The molecule has 0 aliphatic carbocycles. The predicted octanol–water partition coefficient (Wildman–Crippen LogP) is 1.46. The fraction of sp³-hybridized carbons (Fsp3) is 0.143. The molecule has 0 saturated carbocycles. The molecule has 0 aromatic carbocycles. The quantitative estimate of drug-likeness (QED) is 0.675. The summed E-state index contributed by atoms with van der Waals surface area (Å²) in [5.74, 6) is 0. The molecule has 3 nitrogen and oxygen atoms in total. The van der Waals surface area contributed by atoms with Crippen LogP contribution in [0.2, 0.25) is 0 Å². The van der Waals surface area contributed by atoms with Crippen LogP contribution in [-0.2, 0) is 0 Å². The number of rotatable bonds is 1. The maximum atomic E-state index is 5.74. The largest absolute Gasteiger partial charge is 0.397 e. The van der Waals surface area contributed by atoms with Gasteiger partial charge in [-0.25, -0.2) is 0 Å². The number of aromatic nitrogens is 1.